The third kappa shape index (κ3) is 3.69. The highest BCUT2D eigenvalue weighted by molar-refractivity contribution is 8.13. The van der Waals surface area contributed by atoms with E-state index in [4.69, 9.17) is 10.7 Å². The van der Waals surface area contributed by atoms with Crippen molar-refractivity contribution < 1.29 is 21.6 Å². The van der Waals surface area contributed by atoms with Crippen LogP contribution >= 0.6 is 10.7 Å². The number of benzene rings is 1. The highest BCUT2D eigenvalue weighted by atomic mass is 35.7. The highest BCUT2D eigenvalue weighted by Gasteiger charge is 2.30. The van der Waals surface area contributed by atoms with Gasteiger partial charge in [-0.3, -0.25) is 14.2 Å². The number of hydrogen-bond acceptors (Lipinski definition) is 6. The molecule has 9 nitrogen and oxygen atoms in total. The van der Waals surface area contributed by atoms with E-state index in [0.29, 0.717) is 24.2 Å². The summed E-state index contributed by atoms with van der Waals surface area (Å²) in [6.45, 7) is 0.327. The van der Waals surface area contributed by atoms with Crippen LogP contribution in [0, 0.1) is 0 Å². The van der Waals surface area contributed by atoms with Gasteiger partial charge in [0.25, 0.3) is 15.0 Å². The molecule has 1 aromatic heterocycles. The molecule has 1 aliphatic rings. The fraction of sp³-hybridized carbons (Fsp3) is 0.286. The van der Waals surface area contributed by atoms with Crippen LogP contribution in [0.4, 0.5) is 11.5 Å². The number of halogens is 1. The van der Waals surface area contributed by atoms with Crippen molar-refractivity contribution in [3.63, 3.8) is 0 Å². The average Bonchev–Trinajstić information content (AvgIpc) is 3.06. The maximum absolute atomic E-state index is 12.9. The molecule has 1 aliphatic heterocycles. The summed E-state index contributed by atoms with van der Waals surface area (Å²) in [5.74, 6) is -0.502. The lowest BCUT2D eigenvalue weighted by molar-refractivity contribution is 0.0990. The van der Waals surface area contributed by atoms with E-state index >= 15 is 0 Å². The molecule has 0 aliphatic carbocycles. The summed E-state index contributed by atoms with van der Waals surface area (Å²) < 4.78 is 49.4. The quantitative estimate of drug-likeness (QED) is 0.737. The number of sulfonamides is 1. The van der Waals surface area contributed by atoms with Crippen LogP contribution in [0.25, 0.3) is 0 Å². The van der Waals surface area contributed by atoms with E-state index in [1.807, 2.05) is 0 Å². The minimum absolute atomic E-state index is 0.0342. The van der Waals surface area contributed by atoms with Gasteiger partial charge in [0.2, 0.25) is 10.0 Å². The van der Waals surface area contributed by atoms with Gasteiger partial charge in [-0.25, -0.2) is 16.8 Å². The maximum Gasteiger partial charge on any atom is 0.263 e. The molecule has 1 aromatic carbocycles. The molecule has 2 aromatic rings. The second kappa shape index (κ2) is 6.25. The third-order valence-electron chi connectivity index (χ3n) is 3.81. The van der Waals surface area contributed by atoms with Gasteiger partial charge in [0, 0.05) is 36.2 Å². The molecule has 0 saturated carbocycles. The Morgan fingerprint density at radius 2 is 1.96 bits per heavy atom. The number of anilines is 2. The van der Waals surface area contributed by atoms with E-state index in [-0.39, 0.29) is 16.3 Å². The van der Waals surface area contributed by atoms with Crippen molar-refractivity contribution in [3.8, 4) is 0 Å². The lowest BCUT2D eigenvalue weighted by atomic mass is 10.2. The average molecular weight is 419 g/mol. The standard InChI is InChI=1S/C14H15ClN4O5S2/c1-18-8-11(13(16-18)17-25(2,21)22)14(20)19-6-5-9-7-10(26(15,23)24)3-4-12(9)19/h3-4,7-8H,5-6H2,1-2H3,(H,16,17). The number of nitrogens with zero attached hydrogens (tertiary/aromatic N) is 3. The molecular formula is C14H15ClN4O5S2. The molecule has 26 heavy (non-hydrogen) atoms. The van der Waals surface area contributed by atoms with Crippen LogP contribution in [-0.2, 0) is 32.5 Å². The molecular weight excluding hydrogens is 404 g/mol. The van der Waals surface area contributed by atoms with Gasteiger partial charge in [0.15, 0.2) is 5.82 Å². The van der Waals surface area contributed by atoms with Crippen LogP contribution in [0.15, 0.2) is 29.3 Å². The Kier molecular flexibility index (Phi) is 4.49. The molecule has 0 radical (unpaired) electrons. The number of amides is 1. The van der Waals surface area contributed by atoms with Gasteiger partial charge >= 0.3 is 0 Å². The number of carbonyl (C=O) groups excluding carboxylic acids is 1. The van der Waals surface area contributed by atoms with Gasteiger partial charge < -0.3 is 4.90 Å². The normalized spacial score (nSPS) is 14.3. The second-order valence-electron chi connectivity index (χ2n) is 5.87. The lowest BCUT2D eigenvalue weighted by Crippen LogP contribution is -2.29. The van der Waals surface area contributed by atoms with Crippen molar-refractivity contribution in [1.29, 1.82) is 0 Å². The van der Waals surface area contributed by atoms with Crippen molar-refractivity contribution >= 4 is 47.2 Å². The van der Waals surface area contributed by atoms with Gasteiger partial charge in [-0.05, 0) is 30.2 Å². The fourth-order valence-corrected chi connectivity index (χ4v) is 4.09. The van der Waals surface area contributed by atoms with E-state index < -0.39 is 25.0 Å². The zero-order chi connectivity index (χ0) is 19.3. The van der Waals surface area contributed by atoms with Gasteiger partial charge in [-0.2, -0.15) is 5.10 Å². The monoisotopic (exact) mass is 418 g/mol. The van der Waals surface area contributed by atoms with Crippen LogP contribution in [0.2, 0.25) is 0 Å². The van der Waals surface area contributed by atoms with Crippen molar-refractivity contribution in [2.24, 2.45) is 7.05 Å². The number of hydrogen-bond donors (Lipinski definition) is 1. The smallest absolute Gasteiger partial charge is 0.263 e. The Labute approximate surface area is 155 Å². The van der Waals surface area contributed by atoms with E-state index in [1.165, 1.54) is 34.0 Å². The molecule has 3 rings (SSSR count). The summed E-state index contributed by atoms with van der Waals surface area (Å²) in [7, 11) is -0.538. The number of carbonyl (C=O) groups is 1. The van der Waals surface area contributed by atoms with E-state index in [9.17, 15) is 21.6 Å². The zero-order valence-electron chi connectivity index (χ0n) is 13.8. The largest absolute Gasteiger partial charge is 0.308 e. The fourth-order valence-electron chi connectivity index (χ4n) is 2.78. The van der Waals surface area contributed by atoms with E-state index in [0.717, 1.165) is 6.26 Å². The van der Waals surface area contributed by atoms with Gasteiger partial charge in [-0.1, -0.05) is 0 Å². The summed E-state index contributed by atoms with van der Waals surface area (Å²) in [6.07, 6.45) is 2.84. The number of nitrogens with one attached hydrogen (secondary N) is 1. The van der Waals surface area contributed by atoms with E-state index in [2.05, 4.69) is 9.82 Å². The molecule has 1 N–H and O–H groups in total. The summed E-state index contributed by atoms with van der Waals surface area (Å²) in [6, 6.07) is 4.27. The number of fused-ring (bicyclic) bond motifs is 1. The number of aryl methyl sites for hydroxylation is 1. The van der Waals surface area contributed by atoms with Gasteiger partial charge in [0.05, 0.1) is 11.2 Å². The predicted molar refractivity (Wildman–Crippen MR) is 96.5 cm³/mol. The molecule has 0 atom stereocenters. The molecule has 0 bridgehead atoms. The molecule has 0 unspecified atom stereocenters. The summed E-state index contributed by atoms with van der Waals surface area (Å²) in [5, 5.41) is 3.97. The maximum atomic E-state index is 12.9. The highest BCUT2D eigenvalue weighted by Crippen LogP contribution is 2.33. The van der Waals surface area contributed by atoms with Gasteiger partial charge in [0.1, 0.15) is 5.56 Å². The second-order valence-corrected chi connectivity index (χ2v) is 10.2. The Balaban J connectivity index is 1.97. The first-order valence-corrected chi connectivity index (χ1v) is 11.6. The van der Waals surface area contributed by atoms with Crippen LogP contribution in [0.1, 0.15) is 15.9 Å². The molecule has 0 saturated heterocycles. The Hall–Kier alpha value is -2.11. The first-order valence-electron chi connectivity index (χ1n) is 7.36. The minimum Gasteiger partial charge on any atom is -0.308 e. The van der Waals surface area contributed by atoms with Crippen LogP contribution in [-0.4, -0.2) is 45.3 Å². The van der Waals surface area contributed by atoms with Gasteiger partial charge in [-0.15, -0.1) is 0 Å². The summed E-state index contributed by atoms with van der Waals surface area (Å²) >= 11 is 0. The minimum atomic E-state index is -3.86. The molecule has 2 heterocycles. The van der Waals surface area contributed by atoms with Crippen LogP contribution < -0.4 is 9.62 Å². The van der Waals surface area contributed by atoms with Crippen molar-refractivity contribution in [1.82, 2.24) is 9.78 Å². The Morgan fingerprint density at radius 3 is 2.58 bits per heavy atom. The Morgan fingerprint density at radius 1 is 1.27 bits per heavy atom. The molecule has 0 spiro atoms. The lowest BCUT2D eigenvalue weighted by Gasteiger charge is -2.17. The van der Waals surface area contributed by atoms with Crippen LogP contribution in [0.3, 0.4) is 0 Å². The summed E-state index contributed by atoms with van der Waals surface area (Å²) in [4.78, 5) is 14.3. The third-order valence-corrected chi connectivity index (χ3v) is 5.73. The topological polar surface area (TPSA) is 118 Å². The van der Waals surface area contributed by atoms with E-state index in [1.54, 1.807) is 7.05 Å². The molecule has 1 amide bonds. The first-order chi connectivity index (χ1) is 12.0. The van der Waals surface area contributed by atoms with Crippen molar-refractivity contribution in [2.75, 3.05) is 22.4 Å². The SMILES string of the molecule is Cn1cc(C(=O)N2CCc3cc(S(=O)(=O)Cl)ccc32)c(NS(C)(=O)=O)n1. The summed E-state index contributed by atoms with van der Waals surface area (Å²) in [5.41, 5.74) is 1.31. The number of rotatable bonds is 4. The van der Waals surface area contributed by atoms with Crippen molar-refractivity contribution in [2.45, 2.75) is 11.3 Å². The molecule has 140 valence electrons. The molecule has 0 fully saturated rings. The molecule has 12 heteroatoms. The van der Waals surface area contributed by atoms with Crippen molar-refractivity contribution in [3.05, 3.63) is 35.5 Å². The van der Waals surface area contributed by atoms with Crippen LogP contribution in [0.5, 0.6) is 0 Å². The number of aromatic nitrogens is 2. The Bertz CT molecular complexity index is 1110. The predicted octanol–water partition coefficient (Wildman–Crippen LogP) is 0.922. The zero-order valence-corrected chi connectivity index (χ0v) is 16.2. The first kappa shape index (κ1) is 18.7.